The van der Waals surface area contributed by atoms with Crippen LogP contribution in [0.2, 0.25) is 0 Å². The van der Waals surface area contributed by atoms with Crippen LogP contribution in [0.25, 0.3) is 0 Å². The first-order valence-corrected chi connectivity index (χ1v) is 4.68. The maximum atomic E-state index is 12.8. The van der Waals surface area contributed by atoms with E-state index in [4.69, 9.17) is 0 Å². The highest BCUT2D eigenvalue weighted by molar-refractivity contribution is 5.30. The van der Waals surface area contributed by atoms with Gasteiger partial charge in [-0.3, -0.25) is 0 Å². The zero-order chi connectivity index (χ0) is 11.1. The monoisotopic (exact) mass is 198 g/mol. The molecule has 3 heteroatoms. The summed E-state index contributed by atoms with van der Waals surface area (Å²) in [5.41, 5.74) is 1.10. The summed E-state index contributed by atoms with van der Waals surface area (Å²) in [6.07, 6.45) is -0.0761. The van der Waals surface area contributed by atoms with E-state index in [0.29, 0.717) is 13.0 Å². The van der Waals surface area contributed by atoms with Crippen molar-refractivity contribution < 1.29 is 4.39 Å². The van der Waals surface area contributed by atoms with E-state index in [2.05, 4.69) is 24.9 Å². The van der Waals surface area contributed by atoms with Crippen molar-refractivity contribution in [2.45, 2.75) is 26.4 Å². The van der Waals surface area contributed by atoms with Crippen molar-refractivity contribution in [3.63, 3.8) is 0 Å². The van der Waals surface area contributed by atoms with Gasteiger partial charge in [0.15, 0.2) is 0 Å². The van der Waals surface area contributed by atoms with Crippen LogP contribution in [0.3, 0.4) is 0 Å². The van der Waals surface area contributed by atoms with Crippen LogP contribution in [0.1, 0.15) is 20.3 Å². The number of likely N-dealkylation sites (tertiary alicyclic amines) is 1. The van der Waals surface area contributed by atoms with Gasteiger partial charge in [0, 0.05) is 6.54 Å². The molecule has 0 bridgehead atoms. The van der Waals surface area contributed by atoms with Gasteiger partial charge in [-0.15, -0.1) is 13.2 Å². The van der Waals surface area contributed by atoms with E-state index in [-0.39, 0.29) is 0 Å². The minimum absolute atomic E-state index is 0.472. The Morgan fingerprint density at radius 1 is 1.43 bits per heavy atom. The van der Waals surface area contributed by atoms with Crippen LogP contribution in [-0.4, -0.2) is 30.9 Å². The zero-order valence-corrected chi connectivity index (χ0v) is 9.09. The summed E-state index contributed by atoms with van der Waals surface area (Å²) in [6.45, 7) is 14.7. The topological polar surface area (TPSA) is 15.6 Å². The maximum Gasteiger partial charge on any atom is 0.126 e. The number of hydrogen-bond donors (Lipinski definition) is 0. The number of rotatable bonds is 2. The molecule has 0 amide bonds. The summed E-state index contributed by atoms with van der Waals surface area (Å²) >= 11 is 0. The first kappa shape index (κ1) is 12.9. The molecule has 14 heavy (non-hydrogen) atoms. The van der Waals surface area contributed by atoms with Crippen LogP contribution >= 0.6 is 0 Å². The van der Waals surface area contributed by atoms with E-state index in [1.165, 1.54) is 0 Å². The lowest BCUT2D eigenvalue weighted by Gasteiger charge is -2.18. The van der Waals surface area contributed by atoms with E-state index < -0.39 is 6.17 Å². The first-order valence-electron chi connectivity index (χ1n) is 4.68. The van der Waals surface area contributed by atoms with Gasteiger partial charge in [0.25, 0.3) is 0 Å². The molecule has 1 heterocycles. The highest BCUT2D eigenvalue weighted by atomic mass is 19.1. The van der Waals surface area contributed by atoms with Gasteiger partial charge >= 0.3 is 0 Å². The minimum Gasteiger partial charge on any atom is -0.354 e. The summed E-state index contributed by atoms with van der Waals surface area (Å²) in [5.74, 6) is 0.843. The van der Waals surface area contributed by atoms with Crippen molar-refractivity contribution in [3.05, 3.63) is 24.6 Å². The Kier molecular flexibility index (Phi) is 5.84. The Hall–Kier alpha value is -1.12. The third-order valence-electron chi connectivity index (χ3n) is 2.03. The average molecular weight is 198 g/mol. The average Bonchev–Trinajstić information content (AvgIpc) is 2.56. The number of allylic oxidation sites excluding steroid dienone is 1. The van der Waals surface area contributed by atoms with Gasteiger partial charge in [-0.1, -0.05) is 0 Å². The minimum atomic E-state index is -0.693. The van der Waals surface area contributed by atoms with Gasteiger partial charge in [-0.2, -0.15) is 0 Å². The van der Waals surface area contributed by atoms with Crippen molar-refractivity contribution in [2.75, 3.05) is 13.1 Å². The van der Waals surface area contributed by atoms with E-state index in [0.717, 1.165) is 17.9 Å². The Bertz CT molecular complexity index is 219. The lowest BCUT2D eigenvalue weighted by molar-refractivity contribution is 0.322. The fraction of sp³-hybridized carbons (Fsp3) is 0.545. The molecule has 1 fully saturated rings. The fourth-order valence-corrected chi connectivity index (χ4v) is 1.48. The molecule has 1 rings (SSSR count). The van der Waals surface area contributed by atoms with Gasteiger partial charge in [0.2, 0.25) is 0 Å². The predicted molar refractivity (Wildman–Crippen MR) is 60.3 cm³/mol. The Balaban J connectivity index is 0.000000791. The van der Waals surface area contributed by atoms with E-state index in [1.807, 2.05) is 18.7 Å². The van der Waals surface area contributed by atoms with Crippen LogP contribution in [-0.2, 0) is 0 Å². The molecule has 0 radical (unpaired) electrons. The van der Waals surface area contributed by atoms with Crippen molar-refractivity contribution in [1.82, 2.24) is 4.90 Å². The van der Waals surface area contributed by atoms with Crippen LogP contribution in [0.15, 0.2) is 29.5 Å². The summed E-state index contributed by atoms with van der Waals surface area (Å²) in [4.78, 5) is 5.84. The number of aliphatic imine (C=N–C) groups is 1. The van der Waals surface area contributed by atoms with Crippen LogP contribution in [0, 0.1) is 0 Å². The smallest absolute Gasteiger partial charge is 0.126 e. The second kappa shape index (κ2) is 6.35. The normalized spacial score (nSPS) is 19.6. The summed E-state index contributed by atoms with van der Waals surface area (Å²) in [7, 11) is 0. The molecule has 0 spiro atoms. The van der Waals surface area contributed by atoms with Gasteiger partial charge in [-0.05, 0) is 32.6 Å². The quantitative estimate of drug-likeness (QED) is 0.492. The second-order valence-electron chi connectivity index (χ2n) is 3.31. The van der Waals surface area contributed by atoms with Gasteiger partial charge in [0.05, 0.1) is 6.54 Å². The molecule has 0 aromatic rings. The Morgan fingerprint density at radius 2 is 2.00 bits per heavy atom. The fourth-order valence-electron chi connectivity index (χ4n) is 1.48. The van der Waals surface area contributed by atoms with Crippen LogP contribution in [0.5, 0.6) is 0 Å². The van der Waals surface area contributed by atoms with Gasteiger partial charge in [-0.25, -0.2) is 9.38 Å². The van der Waals surface area contributed by atoms with E-state index in [1.54, 1.807) is 0 Å². The zero-order valence-electron chi connectivity index (χ0n) is 9.09. The third kappa shape index (κ3) is 3.32. The summed E-state index contributed by atoms with van der Waals surface area (Å²) in [5, 5.41) is 0. The van der Waals surface area contributed by atoms with Crippen molar-refractivity contribution in [1.29, 1.82) is 0 Å². The number of hydrogen-bond acceptors (Lipinski definition) is 2. The van der Waals surface area contributed by atoms with Crippen molar-refractivity contribution >= 4 is 6.72 Å². The summed E-state index contributed by atoms with van der Waals surface area (Å²) < 4.78 is 12.8. The molecule has 1 saturated heterocycles. The number of halogens is 1. The molecular weight excluding hydrogens is 179 g/mol. The third-order valence-corrected chi connectivity index (χ3v) is 2.03. The highest BCUT2D eigenvalue weighted by Crippen LogP contribution is 2.20. The molecule has 0 aromatic heterocycles. The molecule has 80 valence electrons. The molecule has 0 saturated carbocycles. The lowest BCUT2D eigenvalue weighted by Crippen LogP contribution is -2.20. The Morgan fingerprint density at radius 3 is 2.29 bits per heavy atom. The second-order valence-corrected chi connectivity index (χ2v) is 3.31. The van der Waals surface area contributed by atoms with E-state index in [9.17, 15) is 4.39 Å². The molecule has 2 nitrogen and oxygen atoms in total. The largest absolute Gasteiger partial charge is 0.354 e. The SMILES string of the molecule is C=C.C=NC(=C(C)C)N1CCC(F)C1. The van der Waals surface area contributed by atoms with Crippen molar-refractivity contribution in [2.24, 2.45) is 4.99 Å². The summed E-state index contributed by atoms with van der Waals surface area (Å²) in [6, 6.07) is 0. The van der Waals surface area contributed by atoms with Gasteiger partial charge in [0.1, 0.15) is 12.0 Å². The molecule has 1 atom stereocenters. The van der Waals surface area contributed by atoms with Crippen LogP contribution in [0.4, 0.5) is 4.39 Å². The molecular formula is C11H19FN2. The van der Waals surface area contributed by atoms with Crippen LogP contribution < -0.4 is 0 Å². The number of nitrogens with zero attached hydrogens (tertiary/aromatic N) is 2. The molecule has 1 unspecified atom stereocenters. The first-order chi connectivity index (χ1) is 6.65. The van der Waals surface area contributed by atoms with E-state index >= 15 is 0 Å². The molecule has 0 aliphatic carbocycles. The van der Waals surface area contributed by atoms with Crippen molar-refractivity contribution in [3.8, 4) is 0 Å². The standard InChI is InChI=1S/C9H15FN2.C2H4/c1-7(2)9(11-3)12-5-4-8(10)6-12;1-2/h8H,3-6H2,1-2H3;1-2H2. The van der Waals surface area contributed by atoms with Gasteiger partial charge < -0.3 is 4.90 Å². The predicted octanol–water partition coefficient (Wildman–Crippen LogP) is 2.78. The highest BCUT2D eigenvalue weighted by Gasteiger charge is 2.23. The lowest BCUT2D eigenvalue weighted by atomic mass is 10.3. The molecule has 1 aliphatic rings. The Labute approximate surface area is 85.8 Å². The number of alkyl halides is 1. The maximum absolute atomic E-state index is 12.8. The molecule has 1 aliphatic heterocycles. The molecule has 0 aromatic carbocycles. The molecule has 0 N–H and O–H groups in total.